The molecule has 0 amide bonds. The zero-order chi connectivity index (χ0) is 17.0. The van der Waals surface area contributed by atoms with Crippen LogP contribution in [0.3, 0.4) is 0 Å². The summed E-state index contributed by atoms with van der Waals surface area (Å²) in [6.45, 7) is 5.43. The van der Waals surface area contributed by atoms with Gasteiger partial charge in [-0.15, -0.1) is 0 Å². The third-order valence-electron chi connectivity index (χ3n) is 3.46. The van der Waals surface area contributed by atoms with Crippen LogP contribution >= 0.6 is 0 Å². The van der Waals surface area contributed by atoms with Gasteiger partial charge in [-0.2, -0.15) is 0 Å². The molecule has 0 unspecified atom stereocenters. The average molecular weight is 324 g/mol. The van der Waals surface area contributed by atoms with E-state index < -0.39 is 0 Å². The Kier molecular flexibility index (Phi) is 7.56. The molecule has 0 aliphatic carbocycles. The molecule has 0 saturated heterocycles. The highest BCUT2D eigenvalue weighted by Crippen LogP contribution is 2.04. The lowest BCUT2D eigenvalue weighted by Gasteiger charge is -2.11. The summed E-state index contributed by atoms with van der Waals surface area (Å²) in [5.41, 5.74) is 2.29. The third-order valence-corrected chi connectivity index (χ3v) is 3.46. The number of aromatic nitrogens is 3. The van der Waals surface area contributed by atoms with Crippen molar-refractivity contribution in [1.29, 1.82) is 0 Å². The molecular weight excluding hydrogens is 300 g/mol. The van der Waals surface area contributed by atoms with E-state index in [1.165, 1.54) is 11.8 Å². The molecule has 0 saturated carbocycles. The maximum absolute atomic E-state index is 4.53. The number of hydrogen-bond donors (Lipinski definition) is 1. The smallest absolute Gasteiger partial charge is 0.230 e. The molecule has 2 rings (SSSR count). The summed E-state index contributed by atoms with van der Waals surface area (Å²) in [4.78, 5) is 18.6. The van der Waals surface area contributed by atoms with Gasteiger partial charge in [-0.3, -0.25) is 4.98 Å². The first kappa shape index (κ1) is 17.7. The lowest BCUT2D eigenvalue weighted by Crippen LogP contribution is -2.21. The monoisotopic (exact) mass is 324 g/mol. The van der Waals surface area contributed by atoms with Crippen molar-refractivity contribution in [3.05, 3.63) is 60.8 Å². The number of rotatable bonds is 10. The Balaban J connectivity index is 1.68. The summed E-state index contributed by atoms with van der Waals surface area (Å²) in [6.07, 6.45) is 11.6. The SMILES string of the molecule is C=C/N=C\N(C)c1nccc(CCNCCCc2cccnc2)n1. The summed E-state index contributed by atoms with van der Waals surface area (Å²) in [7, 11) is 1.86. The van der Waals surface area contributed by atoms with E-state index in [0.717, 1.165) is 38.0 Å². The molecule has 0 aliphatic heterocycles. The van der Waals surface area contributed by atoms with Gasteiger partial charge in [-0.1, -0.05) is 12.6 Å². The fraction of sp³-hybridized carbons (Fsp3) is 0.333. The molecule has 2 aromatic heterocycles. The highest BCUT2D eigenvalue weighted by molar-refractivity contribution is 5.75. The highest BCUT2D eigenvalue weighted by Gasteiger charge is 2.03. The number of nitrogens with one attached hydrogen (secondary N) is 1. The normalized spacial score (nSPS) is 10.9. The van der Waals surface area contributed by atoms with Gasteiger partial charge in [-0.05, 0) is 37.1 Å². The number of nitrogens with zero attached hydrogens (tertiary/aromatic N) is 5. The van der Waals surface area contributed by atoms with Crippen molar-refractivity contribution in [1.82, 2.24) is 20.3 Å². The van der Waals surface area contributed by atoms with Crippen molar-refractivity contribution in [2.45, 2.75) is 19.3 Å². The van der Waals surface area contributed by atoms with Gasteiger partial charge < -0.3 is 10.2 Å². The molecule has 126 valence electrons. The minimum atomic E-state index is 0.634. The molecule has 2 heterocycles. The van der Waals surface area contributed by atoms with E-state index in [-0.39, 0.29) is 0 Å². The second kappa shape index (κ2) is 10.2. The van der Waals surface area contributed by atoms with E-state index in [4.69, 9.17) is 0 Å². The minimum absolute atomic E-state index is 0.634. The van der Waals surface area contributed by atoms with E-state index in [1.807, 2.05) is 25.4 Å². The Labute approximate surface area is 143 Å². The van der Waals surface area contributed by atoms with Gasteiger partial charge in [0.2, 0.25) is 5.95 Å². The molecule has 0 radical (unpaired) electrons. The van der Waals surface area contributed by atoms with Gasteiger partial charge in [-0.25, -0.2) is 15.0 Å². The third kappa shape index (κ3) is 6.26. The minimum Gasteiger partial charge on any atom is -0.316 e. The largest absolute Gasteiger partial charge is 0.316 e. The average Bonchev–Trinajstić information content (AvgIpc) is 2.63. The van der Waals surface area contributed by atoms with Crippen LogP contribution in [0, 0.1) is 0 Å². The van der Waals surface area contributed by atoms with Gasteiger partial charge >= 0.3 is 0 Å². The molecule has 1 N–H and O–H groups in total. The van der Waals surface area contributed by atoms with Crippen molar-refractivity contribution in [3.8, 4) is 0 Å². The van der Waals surface area contributed by atoms with Gasteiger partial charge in [0.25, 0.3) is 0 Å². The van der Waals surface area contributed by atoms with E-state index in [2.05, 4.69) is 37.9 Å². The summed E-state index contributed by atoms with van der Waals surface area (Å²) >= 11 is 0. The second-order valence-corrected chi connectivity index (χ2v) is 5.37. The van der Waals surface area contributed by atoms with E-state index in [0.29, 0.717) is 5.95 Å². The fourth-order valence-corrected chi connectivity index (χ4v) is 2.20. The van der Waals surface area contributed by atoms with Crippen LogP contribution in [0.25, 0.3) is 0 Å². The van der Waals surface area contributed by atoms with Crippen LogP contribution in [0.1, 0.15) is 17.7 Å². The van der Waals surface area contributed by atoms with E-state index >= 15 is 0 Å². The molecule has 0 atom stereocenters. The van der Waals surface area contributed by atoms with Crippen LogP contribution in [-0.2, 0) is 12.8 Å². The van der Waals surface area contributed by atoms with Crippen LogP contribution < -0.4 is 10.2 Å². The number of aliphatic imine (C=N–C) groups is 1. The number of hydrogen-bond acceptors (Lipinski definition) is 5. The van der Waals surface area contributed by atoms with Crippen molar-refractivity contribution in [3.63, 3.8) is 0 Å². The second-order valence-electron chi connectivity index (χ2n) is 5.37. The van der Waals surface area contributed by atoms with E-state index in [1.54, 1.807) is 23.6 Å². The molecule has 0 bridgehead atoms. The Morgan fingerprint density at radius 2 is 2.17 bits per heavy atom. The van der Waals surface area contributed by atoms with Crippen molar-refractivity contribution in [2.75, 3.05) is 25.0 Å². The summed E-state index contributed by atoms with van der Waals surface area (Å²) in [5.74, 6) is 0.634. The van der Waals surface area contributed by atoms with Crippen LogP contribution in [0.4, 0.5) is 5.95 Å². The molecule has 6 nitrogen and oxygen atoms in total. The molecule has 0 aromatic carbocycles. The zero-order valence-electron chi connectivity index (χ0n) is 14.1. The Morgan fingerprint density at radius 1 is 1.25 bits per heavy atom. The lowest BCUT2D eigenvalue weighted by atomic mass is 10.1. The predicted molar refractivity (Wildman–Crippen MR) is 98.3 cm³/mol. The summed E-state index contributed by atoms with van der Waals surface area (Å²) in [6, 6.07) is 6.03. The summed E-state index contributed by atoms with van der Waals surface area (Å²) < 4.78 is 0. The lowest BCUT2D eigenvalue weighted by molar-refractivity contribution is 0.642. The van der Waals surface area contributed by atoms with Crippen LogP contribution in [-0.4, -0.2) is 41.4 Å². The zero-order valence-corrected chi connectivity index (χ0v) is 14.1. The maximum Gasteiger partial charge on any atom is 0.230 e. The van der Waals surface area contributed by atoms with E-state index in [9.17, 15) is 0 Å². The molecule has 24 heavy (non-hydrogen) atoms. The maximum atomic E-state index is 4.53. The first-order valence-electron chi connectivity index (χ1n) is 8.08. The molecule has 0 fully saturated rings. The standard InChI is InChI=1S/C18H24N6/c1-3-19-15-24(2)18-22-13-9-17(23-18)8-12-20-10-4-6-16-7-5-11-21-14-16/h3,5,7,9,11,13-15,20H,1,4,6,8,10,12H2,2H3/b19-15-. The van der Waals surface area contributed by atoms with Gasteiger partial charge in [0, 0.05) is 50.5 Å². The highest BCUT2D eigenvalue weighted by atomic mass is 15.2. The molecule has 0 aliphatic rings. The van der Waals surface area contributed by atoms with Crippen molar-refractivity contribution >= 4 is 12.3 Å². The van der Waals surface area contributed by atoms with Gasteiger partial charge in [0.15, 0.2) is 0 Å². The quantitative estimate of drug-likeness (QED) is 0.412. The first-order valence-corrected chi connectivity index (χ1v) is 8.08. The van der Waals surface area contributed by atoms with Gasteiger partial charge in [0.05, 0.1) is 6.34 Å². The summed E-state index contributed by atoms with van der Waals surface area (Å²) in [5, 5.41) is 3.45. The van der Waals surface area contributed by atoms with Crippen molar-refractivity contribution < 1.29 is 0 Å². The number of pyridine rings is 1. The van der Waals surface area contributed by atoms with Crippen molar-refractivity contribution in [2.24, 2.45) is 4.99 Å². The van der Waals surface area contributed by atoms with Crippen LogP contribution in [0.5, 0.6) is 0 Å². The number of aryl methyl sites for hydroxylation is 1. The number of anilines is 1. The Bertz CT molecular complexity index is 641. The fourth-order valence-electron chi connectivity index (χ4n) is 2.20. The van der Waals surface area contributed by atoms with Crippen LogP contribution in [0.2, 0.25) is 0 Å². The molecule has 2 aromatic rings. The first-order chi connectivity index (χ1) is 11.8. The predicted octanol–water partition coefficient (Wildman–Crippen LogP) is 2.24. The molecular formula is C18H24N6. The molecule has 0 spiro atoms. The Hall–Kier alpha value is -2.60. The van der Waals surface area contributed by atoms with Gasteiger partial charge in [0.1, 0.15) is 0 Å². The topological polar surface area (TPSA) is 66.3 Å². The van der Waals surface area contributed by atoms with Crippen LogP contribution in [0.15, 0.2) is 54.6 Å². The molecule has 6 heteroatoms. The Morgan fingerprint density at radius 3 is 2.96 bits per heavy atom.